The van der Waals surface area contributed by atoms with Gasteiger partial charge in [-0.05, 0) is 12.1 Å². The Morgan fingerprint density at radius 3 is 2.44 bits per heavy atom. The number of nitrogens with zero attached hydrogens (tertiary/aromatic N) is 2. The molecular formula is C15H11ClF4N2O4S. The lowest BCUT2D eigenvalue weighted by Crippen LogP contribution is -2.41. The molecule has 1 aromatic heterocycles. The van der Waals surface area contributed by atoms with E-state index in [1.165, 1.54) is 0 Å². The van der Waals surface area contributed by atoms with E-state index in [1.54, 1.807) is 0 Å². The molecule has 1 heterocycles. The second-order valence-corrected chi connectivity index (χ2v) is 6.57. The van der Waals surface area contributed by atoms with Crippen LogP contribution in [0.2, 0.25) is 5.02 Å². The second-order valence-electron chi connectivity index (χ2n) is 5.14. The van der Waals surface area contributed by atoms with Gasteiger partial charge in [-0.2, -0.15) is 13.2 Å². The van der Waals surface area contributed by atoms with Crippen molar-refractivity contribution in [2.24, 2.45) is 7.05 Å². The molecule has 0 aliphatic carbocycles. The Hall–Kier alpha value is -2.27. The fraction of sp³-hybridized carbons (Fsp3) is 0.267. The minimum Gasteiger partial charge on any atom is -0.468 e. The van der Waals surface area contributed by atoms with E-state index in [1.807, 2.05) is 0 Å². The Kier molecular flexibility index (Phi) is 6.05. The first-order valence-electron chi connectivity index (χ1n) is 7.06. The molecule has 146 valence electrons. The summed E-state index contributed by atoms with van der Waals surface area (Å²) < 4.78 is 57.9. The van der Waals surface area contributed by atoms with Crippen molar-refractivity contribution in [3.05, 3.63) is 55.6 Å². The Morgan fingerprint density at radius 2 is 1.89 bits per heavy atom. The number of benzene rings is 1. The standard InChI is InChI=1S/C15H11ClF4N2O4S/c1-21-11(15(18,19)20)5-12(23)22(14(21)25)9-4-10(7(16)3-8(9)17)27-6-13(24)26-2/h3-5H,6H2,1-2H3. The number of methoxy groups -OCH3 is 1. The molecule has 0 radical (unpaired) electrons. The van der Waals surface area contributed by atoms with Crippen LogP contribution in [-0.2, 0) is 22.8 Å². The first-order valence-corrected chi connectivity index (χ1v) is 8.43. The molecular weight excluding hydrogens is 416 g/mol. The number of rotatable bonds is 4. The van der Waals surface area contributed by atoms with Gasteiger partial charge in [0.05, 0.1) is 23.6 Å². The zero-order valence-corrected chi connectivity index (χ0v) is 15.3. The molecule has 12 heteroatoms. The van der Waals surface area contributed by atoms with Gasteiger partial charge in [0.1, 0.15) is 11.5 Å². The lowest BCUT2D eigenvalue weighted by atomic mass is 10.3. The summed E-state index contributed by atoms with van der Waals surface area (Å²) in [5.41, 5.74) is -4.81. The predicted octanol–water partition coefficient (Wildman–Crippen LogP) is 2.61. The molecule has 6 nitrogen and oxygen atoms in total. The van der Waals surface area contributed by atoms with Gasteiger partial charge in [-0.1, -0.05) is 11.6 Å². The molecule has 0 aliphatic rings. The summed E-state index contributed by atoms with van der Waals surface area (Å²) in [5, 5.41) is -0.109. The summed E-state index contributed by atoms with van der Waals surface area (Å²) in [6, 6.07) is 1.98. The highest BCUT2D eigenvalue weighted by atomic mass is 35.5. The van der Waals surface area contributed by atoms with Crippen LogP contribution in [0, 0.1) is 5.82 Å². The Balaban J connectivity index is 2.65. The molecule has 0 spiro atoms. The van der Waals surface area contributed by atoms with E-state index >= 15 is 0 Å². The van der Waals surface area contributed by atoms with Crippen molar-refractivity contribution in [1.82, 2.24) is 9.13 Å². The van der Waals surface area contributed by atoms with Crippen LogP contribution in [-0.4, -0.2) is 28.0 Å². The van der Waals surface area contributed by atoms with E-state index in [-0.39, 0.29) is 30.9 Å². The highest BCUT2D eigenvalue weighted by molar-refractivity contribution is 8.00. The molecule has 0 fully saturated rings. The number of alkyl halides is 3. The third-order valence-corrected chi connectivity index (χ3v) is 4.88. The average molecular weight is 427 g/mol. The van der Waals surface area contributed by atoms with Gasteiger partial charge in [0.25, 0.3) is 5.56 Å². The van der Waals surface area contributed by atoms with Crippen LogP contribution in [0.5, 0.6) is 0 Å². The van der Waals surface area contributed by atoms with Gasteiger partial charge in [0.15, 0.2) is 0 Å². The summed E-state index contributed by atoms with van der Waals surface area (Å²) in [6.45, 7) is 0. The fourth-order valence-electron chi connectivity index (χ4n) is 2.12. The summed E-state index contributed by atoms with van der Waals surface area (Å²) in [6.07, 6.45) is -4.94. The van der Waals surface area contributed by atoms with Crippen LogP contribution in [0.1, 0.15) is 5.69 Å². The molecule has 0 amide bonds. The zero-order chi connectivity index (χ0) is 20.5. The number of hydrogen-bond donors (Lipinski definition) is 0. The van der Waals surface area contributed by atoms with Gasteiger partial charge < -0.3 is 4.74 Å². The van der Waals surface area contributed by atoms with Crippen molar-refractivity contribution in [3.8, 4) is 5.69 Å². The van der Waals surface area contributed by atoms with Gasteiger partial charge >= 0.3 is 17.8 Å². The number of carbonyl (C=O) groups excluding carboxylic acids is 1. The predicted molar refractivity (Wildman–Crippen MR) is 90.0 cm³/mol. The van der Waals surface area contributed by atoms with Crippen molar-refractivity contribution in [2.75, 3.05) is 12.9 Å². The summed E-state index contributed by atoms with van der Waals surface area (Å²) in [4.78, 5) is 35.7. The van der Waals surface area contributed by atoms with Crippen molar-refractivity contribution >= 4 is 29.3 Å². The molecule has 0 bridgehead atoms. The topological polar surface area (TPSA) is 70.3 Å². The summed E-state index contributed by atoms with van der Waals surface area (Å²) >= 11 is 6.72. The monoisotopic (exact) mass is 426 g/mol. The minimum absolute atomic E-state index is 0.109. The van der Waals surface area contributed by atoms with Crippen LogP contribution in [0.15, 0.2) is 32.7 Å². The third kappa shape index (κ3) is 4.35. The van der Waals surface area contributed by atoms with Crippen LogP contribution in [0.3, 0.4) is 0 Å². The van der Waals surface area contributed by atoms with Crippen molar-refractivity contribution in [1.29, 1.82) is 0 Å². The molecule has 27 heavy (non-hydrogen) atoms. The van der Waals surface area contributed by atoms with Gasteiger partial charge in [0, 0.05) is 18.0 Å². The molecule has 0 saturated heterocycles. The maximum Gasteiger partial charge on any atom is 0.431 e. The Labute approximate surface area is 158 Å². The maximum absolute atomic E-state index is 14.3. The normalized spacial score (nSPS) is 11.5. The molecule has 2 rings (SSSR count). The third-order valence-electron chi connectivity index (χ3n) is 3.43. The summed E-state index contributed by atoms with van der Waals surface area (Å²) in [5.74, 6) is -1.90. The Morgan fingerprint density at radius 1 is 1.26 bits per heavy atom. The molecule has 0 unspecified atom stereocenters. The molecule has 0 saturated carbocycles. The van der Waals surface area contributed by atoms with Crippen LogP contribution >= 0.6 is 23.4 Å². The largest absolute Gasteiger partial charge is 0.468 e. The first kappa shape index (κ1) is 21.0. The van der Waals surface area contributed by atoms with E-state index in [4.69, 9.17) is 11.6 Å². The number of aromatic nitrogens is 2. The SMILES string of the molecule is COC(=O)CSc1cc(-n2c(=O)cc(C(F)(F)F)n(C)c2=O)c(F)cc1Cl. The Bertz CT molecular complexity index is 1020. The average Bonchev–Trinajstić information content (AvgIpc) is 2.57. The van der Waals surface area contributed by atoms with Gasteiger partial charge in [-0.15, -0.1) is 11.8 Å². The molecule has 1 aromatic carbocycles. The van der Waals surface area contributed by atoms with Gasteiger partial charge in [0.2, 0.25) is 0 Å². The van der Waals surface area contributed by atoms with E-state index in [9.17, 15) is 31.9 Å². The first-order chi connectivity index (χ1) is 12.5. The smallest absolute Gasteiger partial charge is 0.431 e. The number of hydrogen-bond acceptors (Lipinski definition) is 5. The van der Waals surface area contributed by atoms with Gasteiger partial charge in [-0.3, -0.25) is 14.2 Å². The van der Waals surface area contributed by atoms with Crippen molar-refractivity contribution < 1.29 is 27.1 Å². The number of esters is 1. The van der Waals surface area contributed by atoms with Crippen LogP contribution in [0.4, 0.5) is 17.6 Å². The minimum atomic E-state index is -4.94. The van der Waals surface area contributed by atoms with Gasteiger partial charge in [-0.25, -0.2) is 13.8 Å². The van der Waals surface area contributed by atoms with E-state index in [2.05, 4.69) is 4.74 Å². The molecule has 0 aliphatic heterocycles. The van der Waals surface area contributed by atoms with E-state index in [0.29, 0.717) is 0 Å². The number of thioether (sulfide) groups is 1. The maximum atomic E-state index is 14.3. The highest BCUT2D eigenvalue weighted by Crippen LogP contribution is 2.31. The fourth-order valence-corrected chi connectivity index (χ4v) is 3.21. The molecule has 0 N–H and O–H groups in total. The quantitative estimate of drug-likeness (QED) is 0.427. The van der Waals surface area contributed by atoms with Crippen LogP contribution in [0.25, 0.3) is 5.69 Å². The van der Waals surface area contributed by atoms with E-state index < -0.39 is 40.6 Å². The number of ether oxygens (including phenoxy) is 1. The lowest BCUT2D eigenvalue weighted by molar-refractivity contribution is -0.144. The molecule has 0 atom stereocenters. The lowest BCUT2D eigenvalue weighted by Gasteiger charge is -2.15. The highest BCUT2D eigenvalue weighted by Gasteiger charge is 2.35. The van der Waals surface area contributed by atoms with E-state index in [0.717, 1.165) is 38.1 Å². The van der Waals surface area contributed by atoms with Crippen LogP contribution < -0.4 is 11.2 Å². The number of halogens is 5. The van der Waals surface area contributed by atoms with Crippen molar-refractivity contribution in [3.63, 3.8) is 0 Å². The second kappa shape index (κ2) is 7.77. The van der Waals surface area contributed by atoms with Crippen molar-refractivity contribution in [2.45, 2.75) is 11.1 Å². The number of carbonyl (C=O) groups is 1. The zero-order valence-electron chi connectivity index (χ0n) is 13.8. The summed E-state index contributed by atoms with van der Waals surface area (Å²) in [7, 11) is 1.97. The molecule has 2 aromatic rings.